The standard InChI is InChI=1S/C13H16N2O3/c1-6(16)11-3-8-10(5-18-11)15-13(14)9-4-17-7(2)12(8)9/h7,11H,3-5H2,1-2H3,(H2,14,15). The van der Waals surface area contributed by atoms with E-state index >= 15 is 0 Å². The molecule has 0 saturated heterocycles. The number of Topliss-reactive ketones (excluding diaryl/α,β-unsaturated/α-hetero) is 1. The Morgan fingerprint density at radius 1 is 1.33 bits per heavy atom. The Labute approximate surface area is 105 Å². The summed E-state index contributed by atoms with van der Waals surface area (Å²) in [5.74, 6) is 0.579. The molecule has 0 amide bonds. The van der Waals surface area contributed by atoms with Crippen LogP contribution in [-0.2, 0) is 33.9 Å². The molecule has 0 spiro atoms. The normalized spacial score (nSPS) is 25.7. The lowest BCUT2D eigenvalue weighted by molar-refractivity contribution is -0.130. The van der Waals surface area contributed by atoms with Crippen LogP contribution in [0.5, 0.6) is 0 Å². The van der Waals surface area contributed by atoms with Crippen molar-refractivity contribution in [2.75, 3.05) is 5.73 Å². The monoisotopic (exact) mass is 248 g/mol. The maximum Gasteiger partial charge on any atom is 0.158 e. The Kier molecular flexibility index (Phi) is 2.60. The molecule has 96 valence electrons. The van der Waals surface area contributed by atoms with Crippen molar-refractivity contribution in [2.24, 2.45) is 0 Å². The molecule has 0 aliphatic carbocycles. The van der Waals surface area contributed by atoms with Crippen LogP contribution in [0, 0.1) is 0 Å². The van der Waals surface area contributed by atoms with Gasteiger partial charge in [-0.3, -0.25) is 4.79 Å². The highest BCUT2D eigenvalue weighted by Gasteiger charge is 2.33. The van der Waals surface area contributed by atoms with Crippen LogP contribution in [0.4, 0.5) is 5.82 Å². The number of carbonyl (C=O) groups is 1. The molecule has 2 unspecified atom stereocenters. The molecule has 1 aromatic heterocycles. The summed E-state index contributed by atoms with van der Waals surface area (Å²) >= 11 is 0. The molecule has 5 heteroatoms. The average molecular weight is 248 g/mol. The first-order valence-electron chi connectivity index (χ1n) is 6.11. The molecule has 0 radical (unpaired) electrons. The summed E-state index contributed by atoms with van der Waals surface area (Å²) in [7, 11) is 0. The summed E-state index contributed by atoms with van der Waals surface area (Å²) in [6, 6.07) is 0. The van der Waals surface area contributed by atoms with E-state index in [-0.39, 0.29) is 18.0 Å². The number of rotatable bonds is 1. The lowest BCUT2D eigenvalue weighted by Gasteiger charge is -2.26. The molecular weight excluding hydrogens is 232 g/mol. The topological polar surface area (TPSA) is 74.4 Å². The fourth-order valence-corrected chi connectivity index (χ4v) is 2.72. The van der Waals surface area contributed by atoms with Crippen LogP contribution >= 0.6 is 0 Å². The number of aromatic nitrogens is 1. The van der Waals surface area contributed by atoms with Crippen LogP contribution in [0.25, 0.3) is 0 Å². The molecular formula is C13H16N2O3. The van der Waals surface area contributed by atoms with E-state index in [0.717, 1.165) is 22.4 Å². The van der Waals surface area contributed by atoms with E-state index in [1.807, 2.05) is 6.92 Å². The van der Waals surface area contributed by atoms with Crippen LogP contribution in [-0.4, -0.2) is 16.9 Å². The van der Waals surface area contributed by atoms with E-state index in [0.29, 0.717) is 25.5 Å². The molecule has 3 heterocycles. The zero-order valence-electron chi connectivity index (χ0n) is 10.5. The molecule has 5 nitrogen and oxygen atoms in total. The molecule has 3 rings (SSSR count). The highest BCUT2D eigenvalue weighted by atomic mass is 16.5. The Balaban J connectivity index is 2.11. The van der Waals surface area contributed by atoms with Crippen LogP contribution in [0.2, 0.25) is 0 Å². The van der Waals surface area contributed by atoms with Gasteiger partial charge in [-0.1, -0.05) is 0 Å². The van der Waals surface area contributed by atoms with Crippen molar-refractivity contribution in [3.8, 4) is 0 Å². The molecule has 0 fully saturated rings. The predicted molar refractivity (Wildman–Crippen MR) is 64.8 cm³/mol. The van der Waals surface area contributed by atoms with Gasteiger partial charge in [-0.15, -0.1) is 0 Å². The molecule has 2 aliphatic heterocycles. The minimum Gasteiger partial charge on any atom is -0.383 e. The van der Waals surface area contributed by atoms with Crippen molar-refractivity contribution < 1.29 is 14.3 Å². The summed E-state index contributed by atoms with van der Waals surface area (Å²) in [5, 5.41) is 0. The summed E-state index contributed by atoms with van der Waals surface area (Å²) < 4.78 is 11.1. The van der Waals surface area contributed by atoms with Crippen molar-refractivity contribution in [2.45, 2.75) is 45.7 Å². The second-order valence-corrected chi connectivity index (χ2v) is 4.88. The lowest BCUT2D eigenvalue weighted by Crippen LogP contribution is -2.30. The molecule has 18 heavy (non-hydrogen) atoms. The number of ether oxygens (including phenoxy) is 2. The molecule has 2 aliphatic rings. The first-order chi connectivity index (χ1) is 8.58. The van der Waals surface area contributed by atoms with E-state index in [1.165, 1.54) is 0 Å². The SMILES string of the molecule is CC(=O)C1Cc2c(nc(N)c3c2C(C)OC3)CO1. The molecule has 2 atom stereocenters. The van der Waals surface area contributed by atoms with Gasteiger partial charge in [0.2, 0.25) is 0 Å². The largest absolute Gasteiger partial charge is 0.383 e. The van der Waals surface area contributed by atoms with Crippen molar-refractivity contribution >= 4 is 11.6 Å². The van der Waals surface area contributed by atoms with Crippen molar-refractivity contribution in [1.29, 1.82) is 0 Å². The summed E-state index contributed by atoms with van der Waals surface area (Å²) in [4.78, 5) is 15.8. The highest BCUT2D eigenvalue weighted by molar-refractivity contribution is 5.81. The molecule has 0 saturated carbocycles. The van der Waals surface area contributed by atoms with E-state index in [1.54, 1.807) is 6.92 Å². The fraction of sp³-hybridized carbons (Fsp3) is 0.538. The van der Waals surface area contributed by atoms with Crippen LogP contribution < -0.4 is 5.73 Å². The van der Waals surface area contributed by atoms with E-state index in [9.17, 15) is 4.79 Å². The third-order valence-corrected chi connectivity index (χ3v) is 3.71. The van der Waals surface area contributed by atoms with Gasteiger partial charge in [0.25, 0.3) is 0 Å². The maximum absolute atomic E-state index is 11.5. The van der Waals surface area contributed by atoms with E-state index in [2.05, 4.69) is 4.98 Å². The van der Waals surface area contributed by atoms with E-state index in [4.69, 9.17) is 15.2 Å². The number of hydrogen-bond acceptors (Lipinski definition) is 5. The van der Waals surface area contributed by atoms with Gasteiger partial charge in [0.1, 0.15) is 11.9 Å². The predicted octanol–water partition coefficient (Wildman–Crippen LogP) is 1.29. The van der Waals surface area contributed by atoms with Gasteiger partial charge in [-0.05, 0) is 25.0 Å². The van der Waals surface area contributed by atoms with E-state index < -0.39 is 0 Å². The van der Waals surface area contributed by atoms with Crippen molar-refractivity contribution in [1.82, 2.24) is 4.98 Å². The van der Waals surface area contributed by atoms with Gasteiger partial charge in [-0.25, -0.2) is 4.98 Å². The third-order valence-electron chi connectivity index (χ3n) is 3.71. The van der Waals surface area contributed by atoms with Gasteiger partial charge in [0, 0.05) is 12.0 Å². The second-order valence-electron chi connectivity index (χ2n) is 4.88. The van der Waals surface area contributed by atoms with Crippen molar-refractivity contribution in [3.05, 3.63) is 22.4 Å². The number of anilines is 1. The average Bonchev–Trinajstić information content (AvgIpc) is 2.72. The number of hydrogen-bond donors (Lipinski definition) is 1. The van der Waals surface area contributed by atoms with Crippen LogP contribution in [0.15, 0.2) is 0 Å². The van der Waals surface area contributed by atoms with Gasteiger partial charge in [-0.2, -0.15) is 0 Å². The number of fused-ring (bicyclic) bond motifs is 3. The van der Waals surface area contributed by atoms with Crippen molar-refractivity contribution in [3.63, 3.8) is 0 Å². The Morgan fingerprint density at radius 3 is 2.83 bits per heavy atom. The molecule has 0 bridgehead atoms. The number of nitrogens with zero attached hydrogens (tertiary/aromatic N) is 1. The number of ketones is 1. The zero-order valence-corrected chi connectivity index (χ0v) is 10.5. The minimum atomic E-state index is -0.361. The van der Waals surface area contributed by atoms with Gasteiger partial charge < -0.3 is 15.2 Å². The molecule has 2 N–H and O–H groups in total. The Hall–Kier alpha value is -1.46. The van der Waals surface area contributed by atoms with Gasteiger partial charge in [0.15, 0.2) is 5.78 Å². The number of carbonyl (C=O) groups excluding carboxylic acids is 1. The quantitative estimate of drug-likeness (QED) is 0.810. The Bertz CT molecular complexity index is 527. The lowest BCUT2D eigenvalue weighted by atomic mass is 9.92. The number of pyridine rings is 1. The summed E-state index contributed by atoms with van der Waals surface area (Å²) in [6.07, 6.45) is 0.234. The summed E-state index contributed by atoms with van der Waals surface area (Å²) in [6.45, 7) is 4.42. The van der Waals surface area contributed by atoms with Crippen LogP contribution in [0.1, 0.15) is 42.3 Å². The smallest absolute Gasteiger partial charge is 0.158 e. The number of nitrogen functional groups attached to an aromatic ring is 1. The fourth-order valence-electron chi connectivity index (χ4n) is 2.72. The maximum atomic E-state index is 11.5. The summed E-state index contributed by atoms with van der Waals surface area (Å²) in [5.41, 5.74) is 9.98. The highest BCUT2D eigenvalue weighted by Crippen LogP contribution is 2.39. The number of nitrogens with two attached hydrogens (primary N) is 1. The zero-order chi connectivity index (χ0) is 12.9. The third kappa shape index (κ3) is 1.62. The molecule has 0 aromatic carbocycles. The minimum absolute atomic E-state index is 0.0183. The first-order valence-corrected chi connectivity index (χ1v) is 6.11. The molecule has 1 aromatic rings. The Morgan fingerprint density at radius 2 is 2.11 bits per heavy atom. The first kappa shape index (κ1) is 11.6. The van der Waals surface area contributed by atoms with Gasteiger partial charge in [0.05, 0.1) is 25.0 Å². The second kappa shape index (κ2) is 4.03. The van der Waals surface area contributed by atoms with Crippen LogP contribution in [0.3, 0.4) is 0 Å². The van der Waals surface area contributed by atoms with Gasteiger partial charge >= 0.3 is 0 Å².